The lowest BCUT2D eigenvalue weighted by atomic mass is 10.3. The van der Waals surface area contributed by atoms with Crippen molar-refractivity contribution in [3.8, 4) is 0 Å². The number of nitrogens with zero attached hydrogens (tertiary/aromatic N) is 2. The molecule has 0 spiro atoms. The van der Waals surface area contributed by atoms with Crippen molar-refractivity contribution in [2.75, 3.05) is 78.5 Å². The smallest absolute Gasteiger partial charge is 0.0639 e. The van der Waals surface area contributed by atoms with E-state index in [1.54, 1.807) is 27.7 Å². The van der Waals surface area contributed by atoms with Crippen molar-refractivity contribution < 1.29 is 20.4 Å². The summed E-state index contributed by atoms with van der Waals surface area (Å²) in [6.07, 6.45) is -1.46. The first kappa shape index (κ1) is 28.6. The van der Waals surface area contributed by atoms with Crippen LogP contribution in [-0.4, -0.2) is 133 Å². The van der Waals surface area contributed by atoms with Crippen LogP contribution in [0.25, 0.3) is 0 Å². The average molecular weight is 422 g/mol. The first-order chi connectivity index (χ1) is 13.7. The van der Waals surface area contributed by atoms with E-state index in [0.717, 1.165) is 52.4 Å². The molecule has 0 heterocycles. The summed E-state index contributed by atoms with van der Waals surface area (Å²) >= 11 is 0. The molecule has 0 aromatic carbocycles. The normalized spacial score (nSPS) is 16.3. The lowest BCUT2D eigenvalue weighted by Crippen LogP contribution is -2.45. The van der Waals surface area contributed by atoms with Crippen LogP contribution in [0, 0.1) is 0 Å². The molecule has 0 aliphatic rings. The van der Waals surface area contributed by atoms with Gasteiger partial charge in [-0.15, -0.1) is 0 Å². The summed E-state index contributed by atoms with van der Waals surface area (Å²) in [5.74, 6) is 0. The molecule has 0 aromatic rings. The van der Waals surface area contributed by atoms with Crippen molar-refractivity contribution >= 4 is 0 Å². The summed E-state index contributed by atoms with van der Waals surface area (Å²) in [5, 5.41) is 47.6. The fraction of sp³-hybridized carbons (Fsp3) is 1.00. The number of aliphatic hydroxyl groups is 4. The van der Waals surface area contributed by atoms with Crippen LogP contribution in [0.15, 0.2) is 0 Å². The molecule has 0 bridgehead atoms. The van der Waals surface area contributed by atoms with Crippen molar-refractivity contribution in [1.82, 2.24) is 25.8 Å². The topological polar surface area (TPSA) is 123 Å². The third-order valence-electron chi connectivity index (χ3n) is 4.39. The Morgan fingerprint density at radius 1 is 0.517 bits per heavy atom. The molecular formula is C20H47N5O4. The number of aliphatic hydroxyl groups excluding tert-OH is 4. The monoisotopic (exact) mass is 421 g/mol. The first-order valence-corrected chi connectivity index (χ1v) is 11.0. The highest BCUT2D eigenvalue weighted by Crippen LogP contribution is 1.96. The summed E-state index contributed by atoms with van der Waals surface area (Å²) in [7, 11) is 0. The van der Waals surface area contributed by atoms with E-state index in [1.807, 2.05) is 0 Å². The molecule has 0 aliphatic heterocycles. The molecule has 0 aromatic heterocycles. The highest BCUT2D eigenvalue weighted by atomic mass is 16.3. The van der Waals surface area contributed by atoms with E-state index >= 15 is 0 Å². The van der Waals surface area contributed by atoms with Gasteiger partial charge >= 0.3 is 0 Å². The van der Waals surface area contributed by atoms with Gasteiger partial charge in [0, 0.05) is 78.5 Å². The third-order valence-corrected chi connectivity index (χ3v) is 4.39. The van der Waals surface area contributed by atoms with Gasteiger partial charge in [-0.05, 0) is 27.7 Å². The quantitative estimate of drug-likeness (QED) is 0.111. The largest absolute Gasteiger partial charge is 0.392 e. The zero-order valence-corrected chi connectivity index (χ0v) is 19.0. The summed E-state index contributed by atoms with van der Waals surface area (Å²) in [5.41, 5.74) is 0. The van der Waals surface area contributed by atoms with Crippen LogP contribution in [0.2, 0.25) is 0 Å². The zero-order valence-electron chi connectivity index (χ0n) is 19.0. The van der Waals surface area contributed by atoms with E-state index < -0.39 is 0 Å². The van der Waals surface area contributed by atoms with E-state index in [9.17, 15) is 20.4 Å². The maximum Gasteiger partial charge on any atom is 0.0639 e. The van der Waals surface area contributed by atoms with Crippen molar-refractivity contribution in [2.24, 2.45) is 0 Å². The summed E-state index contributed by atoms with van der Waals surface area (Å²) in [6, 6.07) is 0. The second-order valence-corrected chi connectivity index (χ2v) is 8.15. The Balaban J connectivity index is 4.43. The minimum absolute atomic E-state index is 0.355. The minimum Gasteiger partial charge on any atom is -0.392 e. The van der Waals surface area contributed by atoms with Gasteiger partial charge in [-0.3, -0.25) is 9.80 Å². The van der Waals surface area contributed by atoms with Crippen molar-refractivity contribution in [2.45, 2.75) is 52.1 Å². The highest BCUT2D eigenvalue weighted by molar-refractivity contribution is 4.69. The predicted octanol–water partition coefficient (Wildman–Crippen LogP) is -2.12. The molecule has 0 saturated heterocycles. The molecule has 0 amide bonds. The van der Waals surface area contributed by atoms with E-state index in [-0.39, 0.29) is 24.4 Å². The van der Waals surface area contributed by atoms with Gasteiger partial charge < -0.3 is 36.4 Å². The Morgan fingerprint density at radius 3 is 1.21 bits per heavy atom. The van der Waals surface area contributed by atoms with Crippen molar-refractivity contribution in [3.05, 3.63) is 0 Å². The molecule has 4 unspecified atom stereocenters. The van der Waals surface area contributed by atoms with Crippen LogP contribution in [0.5, 0.6) is 0 Å². The lowest BCUT2D eigenvalue weighted by molar-refractivity contribution is 0.114. The average Bonchev–Trinajstić information content (AvgIpc) is 2.61. The maximum absolute atomic E-state index is 9.80. The summed E-state index contributed by atoms with van der Waals surface area (Å²) < 4.78 is 0. The SMILES string of the molecule is CC(O)CNCCN(CCNCC(C)O)CCN(CCNCC(C)O)CC(C)O. The van der Waals surface area contributed by atoms with Crippen molar-refractivity contribution in [1.29, 1.82) is 0 Å². The molecule has 0 saturated carbocycles. The van der Waals surface area contributed by atoms with Gasteiger partial charge in [0.15, 0.2) is 0 Å². The summed E-state index contributed by atoms with van der Waals surface area (Å²) in [6.45, 7) is 16.1. The number of hydrogen-bond donors (Lipinski definition) is 7. The van der Waals surface area contributed by atoms with Crippen LogP contribution in [0.1, 0.15) is 27.7 Å². The first-order valence-electron chi connectivity index (χ1n) is 11.0. The molecule has 176 valence electrons. The molecule has 9 nitrogen and oxygen atoms in total. The van der Waals surface area contributed by atoms with Gasteiger partial charge in [-0.2, -0.15) is 0 Å². The molecule has 0 aliphatic carbocycles. The fourth-order valence-electron chi connectivity index (χ4n) is 2.93. The Hall–Kier alpha value is -0.360. The fourth-order valence-corrected chi connectivity index (χ4v) is 2.93. The van der Waals surface area contributed by atoms with Crippen LogP contribution < -0.4 is 16.0 Å². The molecule has 7 N–H and O–H groups in total. The van der Waals surface area contributed by atoms with Crippen LogP contribution in [-0.2, 0) is 0 Å². The maximum atomic E-state index is 9.80. The highest BCUT2D eigenvalue weighted by Gasteiger charge is 2.12. The number of rotatable bonds is 20. The number of hydrogen-bond acceptors (Lipinski definition) is 9. The molecule has 29 heavy (non-hydrogen) atoms. The van der Waals surface area contributed by atoms with E-state index in [0.29, 0.717) is 26.2 Å². The van der Waals surface area contributed by atoms with Crippen LogP contribution in [0.3, 0.4) is 0 Å². The lowest BCUT2D eigenvalue weighted by Gasteiger charge is -2.29. The Labute approximate surface area is 177 Å². The molecule has 0 fully saturated rings. The molecular weight excluding hydrogens is 374 g/mol. The Kier molecular flexibility index (Phi) is 18.2. The van der Waals surface area contributed by atoms with E-state index in [4.69, 9.17) is 0 Å². The third kappa shape index (κ3) is 20.7. The molecule has 4 atom stereocenters. The van der Waals surface area contributed by atoms with E-state index in [2.05, 4.69) is 25.8 Å². The number of nitrogens with one attached hydrogen (secondary N) is 3. The van der Waals surface area contributed by atoms with E-state index in [1.165, 1.54) is 0 Å². The molecule has 0 rings (SSSR count). The summed E-state index contributed by atoms with van der Waals surface area (Å²) in [4.78, 5) is 4.58. The van der Waals surface area contributed by atoms with Crippen LogP contribution >= 0.6 is 0 Å². The Bertz CT molecular complexity index is 344. The molecule has 0 radical (unpaired) electrons. The van der Waals surface area contributed by atoms with Gasteiger partial charge in [0.05, 0.1) is 24.4 Å². The second-order valence-electron chi connectivity index (χ2n) is 8.15. The molecule has 9 heteroatoms. The Morgan fingerprint density at radius 2 is 0.862 bits per heavy atom. The van der Waals surface area contributed by atoms with Gasteiger partial charge in [0.25, 0.3) is 0 Å². The predicted molar refractivity (Wildman–Crippen MR) is 118 cm³/mol. The van der Waals surface area contributed by atoms with Gasteiger partial charge in [0.2, 0.25) is 0 Å². The van der Waals surface area contributed by atoms with Gasteiger partial charge in [0.1, 0.15) is 0 Å². The standard InChI is InChI=1S/C20H47N5O4/c1-17(26)13-21-5-8-24(9-6-22-14-18(2)27)11-12-25(16-20(4)29)10-7-23-15-19(3)28/h17-23,26-29H,5-16H2,1-4H3. The second kappa shape index (κ2) is 18.4. The minimum atomic E-state index is -0.388. The zero-order chi connectivity index (χ0) is 22.1. The van der Waals surface area contributed by atoms with Crippen LogP contribution in [0.4, 0.5) is 0 Å². The van der Waals surface area contributed by atoms with Gasteiger partial charge in [-0.25, -0.2) is 0 Å². The van der Waals surface area contributed by atoms with Gasteiger partial charge in [-0.1, -0.05) is 0 Å². The van der Waals surface area contributed by atoms with Crippen molar-refractivity contribution in [3.63, 3.8) is 0 Å².